The average molecular weight is 494 g/mol. The van der Waals surface area contributed by atoms with Gasteiger partial charge in [-0.15, -0.1) is 10.2 Å². The monoisotopic (exact) mass is 493 g/mol. The van der Waals surface area contributed by atoms with Crippen LogP contribution in [0.1, 0.15) is 12.5 Å². The van der Waals surface area contributed by atoms with Crippen LogP contribution in [0.5, 0.6) is 5.75 Å². The van der Waals surface area contributed by atoms with Gasteiger partial charge in [0.2, 0.25) is 15.9 Å². The summed E-state index contributed by atoms with van der Waals surface area (Å²) < 4.78 is 33.5. The molecule has 1 saturated heterocycles. The van der Waals surface area contributed by atoms with Crippen molar-refractivity contribution in [2.75, 3.05) is 49.6 Å². The molecule has 0 atom stereocenters. The third-order valence-electron chi connectivity index (χ3n) is 6.56. The highest BCUT2D eigenvalue weighted by atomic mass is 32.2. The van der Waals surface area contributed by atoms with Crippen LogP contribution < -0.4 is 14.5 Å². The number of fused-ring (bicyclic) bond motifs is 1. The molecule has 10 heteroatoms. The van der Waals surface area contributed by atoms with Crippen LogP contribution in [0.2, 0.25) is 0 Å². The zero-order valence-electron chi connectivity index (χ0n) is 19.7. The average Bonchev–Trinajstić information content (AvgIpc) is 3.33. The molecule has 0 unspecified atom stereocenters. The standard InChI is InChI=1S/C25H27N5O4S/c1-18(31)30-12-11-19-17-20(7-9-23(19)30)35(32,33)29-15-13-28(14-16-29)25-10-8-22(26-27-25)21-5-3-4-6-24(21)34-2/h3-10,17H,11-16H2,1-2H3. The highest BCUT2D eigenvalue weighted by Gasteiger charge is 2.31. The molecule has 0 aliphatic carbocycles. The quantitative estimate of drug-likeness (QED) is 0.539. The van der Waals surface area contributed by atoms with E-state index in [1.807, 2.05) is 41.3 Å². The van der Waals surface area contributed by atoms with Gasteiger partial charge in [0.1, 0.15) is 5.75 Å². The number of para-hydroxylation sites is 1. The molecule has 2 aromatic carbocycles. The lowest BCUT2D eigenvalue weighted by atomic mass is 10.1. The van der Waals surface area contributed by atoms with Crippen LogP contribution in [0.15, 0.2) is 59.5 Å². The molecule has 5 rings (SSSR count). The molecule has 1 fully saturated rings. The van der Waals surface area contributed by atoms with Crippen molar-refractivity contribution in [2.24, 2.45) is 0 Å². The van der Waals surface area contributed by atoms with Crippen LogP contribution in [0.4, 0.5) is 11.5 Å². The number of carbonyl (C=O) groups is 1. The molecule has 2 aliphatic heterocycles. The van der Waals surface area contributed by atoms with Gasteiger partial charge in [0.25, 0.3) is 0 Å². The van der Waals surface area contributed by atoms with Crippen molar-refractivity contribution in [3.8, 4) is 17.0 Å². The Morgan fingerprint density at radius 3 is 2.40 bits per heavy atom. The molecule has 182 valence electrons. The van der Waals surface area contributed by atoms with Gasteiger partial charge in [-0.1, -0.05) is 12.1 Å². The van der Waals surface area contributed by atoms with Crippen molar-refractivity contribution in [1.29, 1.82) is 0 Å². The number of anilines is 2. The first kappa shape index (κ1) is 23.3. The molecule has 1 amide bonds. The van der Waals surface area contributed by atoms with Gasteiger partial charge in [0.15, 0.2) is 5.82 Å². The van der Waals surface area contributed by atoms with E-state index in [-0.39, 0.29) is 10.8 Å². The maximum atomic E-state index is 13.3. The summed E-state index contributed by atoms with van der Waals surface area (Å²) in [6.07, 6.45) is 0.662. The van der Waals surface area contributed by atoms with E-state index in [1.165, 1.54) is 11.2 Å². The van der Waals surface area contributed by atoms with Crippen molar-refractivity contribution in [2.45, 2.75) is 18.2 Å². The number of hydrogen-bond donors (Lipinski definition) is 0. The molecule has 9 nitrogen and oxygen atoms in total. The Morgan fingerprint density at radius 1 is 0.943 bits per heavy atom. The number of aromatic nitrogens is 2. The molecular formula is C25H27N5O4S. The van der Waals surface area contributed by atoms with E-state index in [1.54, 1.807) is 30.2 Å². The van der Waals surface area contributed by atoms with Crippen molar-refractivity contribution >= 4 is 27.4 Å². The SMILES string of the molecule is COc1ccccc1-c1ccc(N2CCN(S(=O)(=O)c3ccc4c(c3)CCN4C(C)=O)CC2)nn1. The molecule has 3 heterocycles. The van der Waals surface area contributed by atoms with Crippen molar-refractivity contribution in [3.05, 3.63) is 60.2 Å². The summed E-state index contributed by atoms with van der Waals surface area (Å²) in [5.74, 6) is 1.41. The number of ether oxygens (including phenoxy) is 1. The van der Waals surface area contributed by atoms with E-state index in [4.69, 9.17) is 4.74 Å². The van der Waals surface area contributed by atoms with Crippen molar-refractivity contribution in [3.63, 3.8) is 0 Å². The second-order valence-electron chi connectivity index (χ2n) is 8.58. The van der Waals surface area contributed by atoms with Crippen molar-refractivity contribution in [1.82, 2.24) is 14.5 Å². The molecule has 35 heavy (non-hydrogen) atoms. The third kappa shape index (κ3) is 4.35. The predicted molar refractivity (Wildman–Crippen MR) is 133 cm³/mol. The Kier molecular flexibility index (Phi) is 6.16. The minimum absolute atomic E-state index is 0.0329. The molecule has 0 saturated carbocycles. The molecule has 0 bridgehead atoms. The summed E-state index contributed by atoms with van der Waals surface area (Å²) in [5, 5.41) is 8.75. The normalized spacial score (nSPS) is 16.3. The van der Waals surface area contributed by atoms with Gasteiger partial charge in [-0.2, -0.15) is 4.31 Å². The van der Waals surface area contributed by atoms with Gasteiger partial charge in [0.05, 0.1) is 17.7 Å². The van der Waals surface area contributed by atoms with E-state index in [2.05, 4.69) is 10.2 Å². The lowest BCUT2D eigenvalue weighted by Gasteiger charge is -2.34. The van der Waals surface area contributed by atoms with E-state index >= 15 is 0 Å². The first-order chi connectivity index (χ1) is 16.9. The third-order valence-corrected chi connectivity index (χ3v) is 8.46. The number of methoxy groups -OCH3 is 1. The van der Waals surface area contributed by atoms with Gasteiger partial charge >= 0.3 is 0 Å². The number of hydrogen-bond acceptors (Lipinski definition) is 7. The maximum Gasteiger partial charge on any atom is 0.243 e. The summed E-state index contributed by atoms with van der Waals surface area (Å²) in [7, 11) is -2.00. The van der Waals surface area contributed by atoms with Crippen LogP contribution in [0.25, 0.3) is 11.3 Å². The van der Waals surface area contributed by atoms with Gasteiger partial charge < -0.3 is 14.5 Å². The number of rotatable bonds is 5. The van der Waals surface area contributed by atoms with Gasteiger partial charge in [-0.3, -0.25) is 4.79 Å². The van der Waals surface area contributed by atoms with Crippen LogP contribution in [0, 0.1) is 0 Å². The summed E-state index contributed by atoms with van der Waals surface area (Å²) in [4.78, 5) is 15.8. The van der Waals surface area contributed by atoms with E-state index in [0.29, 0.717) is 50.7 Å². The number of carbonyl (C=O) groups excluding carboxylic acids is 1. The lowest BCUT2D eigenvalue weighted by Crippen LogP contribution is -2.49. The summed E-state index contributed by atoms with van der Waals surface area (Å²) >= 11 is 0. The Balaban J connectivity index is 1.27. The number of amides is 1. The lowest BCUT2D eigenvalue weighted by molar-refractivity contribution is -0.116. The van der Waals surface area contributed by atoms with Crippen LogP contribution in [-0.4, -0.2) is 68.7 Å². The Bertz CT molecular complexity index is 1350. The highest BCUT2D eigenvalue weighted by molar-refractivity contribution is 7.89. The fraction of sp³-hybridized carbons (Fsp3) is 0.320. The fourth-order valence-corrected chi connectivity index (χ4v) is 6.14. The molecule has 2 aliphatic rings. The second kappa shape index (κ2) is 9.27. The summed E-state index contributed by atoms with van der Waals surface area (Å²) in [5.41, 5.74) is 3.28. The topological polar surface area (TPSA) is 95.9 Å². The number of nitrogens with zero attached hydrogens (tertiary/aromatic N) is 5. The van der Waals surface area contributed by atoms with Crippen LogP contribution in [-0.2, 0) is 21.2 Å². The molecule has 1 aromatic heterocycles. The Labute approximate surface area is 205 Å². The second-order valence-corrected chi connectivity index (χ2v) is 10.5. The van der Waals surface area contributed by atoms with Crippen molar-refractivity contribution < 1.29 is 17.9 Å². The minimum atomic E-state index is -3.62. The number of piperazine rings is 1. The Hall–Kier alpha value is -3.50. The first-order valence-electron chi connectivity index (χ1n) is 11.5. The summed E-state index contributed by atoms with van der Waals surface area (Å²) in [6, 6.07) is 16.5. The number of sulfonamides is 1. The fourth-order valence-electron chi connectivity index (χ4n) is 4.67. The zero-order valence-corrected chi connectivity index (χ0v) is 20.5. The summed E-state index contributed by atoms with van der Waals surface area (Å²) in [6.45, 7) is 3.86. The van der Waals surface area contributed by atoms with Gasteiger partial charge in [-0.05, 0) is 54.4 Å². The van der Waals surface area contributed by atoms with Crippen LogP contribution >= 0.6 is 0 Å². The molecule has 3 aromatic rings. The first-order valence-corrected chi connectivity index (χ1v) is 13.0. The smallest absolute Gasteiger partial charge is 0.243 e. The van der Waals surface area contributed by atoms with E-state index in [0.717, 1.165) is 22.6 Å². The largest absolute Gasteiger partial charge is 0.496 e. The molecule has 0 spiro atoms. The van der Waals surface area contributed by atoms with Gasteiger partial charge in [-0.25, -0.2) is 8.42 Å². The van der Waals surface area contributed by atoms with Gasteiger partial charge in [0, 0.05) is 50.9 Å². The molecule has 0 N–H and O–H groups in total. The van der Waals surface area contributed by atoms with E-state index in [9.17, 15) is 13.2 Å². The molecular weight excluding hydrogens is 466 g/mol. The molecule has 0 radical (unpaired) electrons. The predicted octanol–water partition coefficient (Wildman–Crippen LogP) is 2.57. The number of benzene rings is 2. The van der Waals surface area contributed by atoms with E-state index < -0.39 is 10.0 Å². The zero-order chi connectivity index (χ0) is 24.6. The van der Waals surface area contributed by atoms with Crippen LogP contribution in [0.3, 0.4) is 0 Å². The maximum absolute atomic E-state index is 13.3. The highest BCUT2D eigenvalue weighted by Crippen LogP contribution is 2.32. The minimum Gasteiger partial charge on any atom is -0.496 e. The Morgan fingerprint density at radius 2 is 1.71 bits per heavy atom.